The van der Waals surface area contributed by atoms with Crippen molar-refractivity contribution < 1.29 is 9.59 Å². The molecule has 1 aliphatic rings. The van der Waals surface area contributed by atoms with Crippen molar-refractivity contribution in [2.24, 2.45) is 0 Å². The normalized spacial score (nSPS) is 13.4. The fourth-order valence-corrected chi connectivity index (χ4v) is 2.90. The van der Waals surface area contributed by atoms with Crippen LogP contribution in [0.5, 0.6) is 0 Å². The lowest BCUT2D eigenvalue weighted by Crippen LogP contribution is -2.31. The van der Waals surface area contributed by atoms with Crippen LogP contribution in [0.25, 0.3) is 11.4 Å². The van der Waals surface area contributed by atoms with Gasteiger partial charge < -0.3 is 4.98 Å². The number of fused-ring (bicyclic) bond motifs is 1. The summed E-state index contributed by atoms with van der Waals surface area (Å²) in [6, 6.07) is 16.8. The van der Waals surface area contributed by atoms with Gasteiger partial charge in [-0.15, -0.1) is 0 Å². The molecule has 2 aromatic carbocycles. The minimum absolute atomic E-state index is 0.224. The number of rotatable bonds is 4. The first kappa shape index (κ1) is 14.4. The Labute approximate surface area is 139 Å². The number of nitrogens with zero attached hydrogens (tertiary/aromatic N) is 2. The number of hydrogen-bond acceptors (Lipinski definition) is 3. The maximum Gasteiger partial charge on any atom is 0.261 e. The Morgan fingerprint density at radius 1 is 0.875 bits per heavy atom. The molecule has 1 aromatic heterocycles. The number of carbonyl (C=O) groups excluding carboxylic acids is 2. The number of aromatic nitrogens is 2. The molecule has 0 bridgehead atoms. The smallest absolute Gasteiger partial charge is 0.261 e. The van der Waals surface area contributed by atoms with E-state index in [1.807, 2.05) is 30.3 Å². The summed E-state index contributed by atoms with van der Waals surface area (Å²) in [5.74, 6) is 0.338. The highest BCUT2D eigenvalue weighted by Crippen LogP contribution is 2.22. The van der Waals surface area contributed by atoms with Gasteiger partial charge in [-0.3, -0.25) is 14.5 Å². The summed E-state index contributed by atoms with van der Waals surface area (Å²) >= 11 is 0. The SMILES string of the molecule is O=C1c2ccccc2C(=O)N1CCc1cnc(-c2ccccc2)[nH]1. The van der Waals surface area contributed by atoms with Crippen LogP contribution in [0.4, 0.5) is 0 Å². The molecule has 0 saturated carbocycles. The summed E-state index contributed by atoms with van der Waals surface area (Å²) in [5.41, 5.74) is 2.86. The molecule has 1 aliphatic heterocycles. The van der Waals surface area contributed by atoms with Crippen LogP contribution in [0.1, 0.15) is 26.4 Å². The highest BCUT2D eigenvalue weighted by molar-refractivity contribution is 6.21. The molecule has 5 nitrogen and oxygen atoms in total. The van der Waals surface area contributed by atoms with Gasteiger partial charge in [0, 0.05) is 30.4 Å². The van der Waals surface area contributed by atoms with Gasteiger partial charge in [-0.25, -0.2) is 4.98 Å². The molecule has 0 atom stereocenters. The molecule has 1 N–H and O–H groups in total. The molecular weight excluding hydrogens is 302 g/mol. The van der Waals surface area contributed by atoms with Gasteiger partial charge in [-0.05, 0) is 12.1 Å². The number of imide groups is 1. The Hall–Kier alpha value is -3.21. The first-order chi connectivity index (χ1) is 11.7. The average Bonchev–Trinajstić information content (AvgIpc) is 3.19. The number of aromatic amines is 1. The second-order valence-corrected chi connectivity index (χ2v) is 5.68. The molecule has 0 fully saturated rings. The predicted molar refractivity (Wildman–Crippen MR) is 89.5 cm³/mol. The van der Waals surface area contributed by atoms with Gasteiger partial charge in [-0.1, -0.05) is 42.5 Å². The van der Waals surface area contributed by atoms with Gasteiger partial charge in [0.25, 0.3) is 11.8 Å². The van der Waals surface area contributed by atoms with Crippen molar-refractivity contribution in [1.82, 2.24) is 14.9 Å². The second kappa shape index (κ2) is 5.77. The minimum Gasteiger partial charge on any atom is -0.342 e. The average molecular weight is 317 g/mol. The van der Waals surface area contributed by atoms with Crippen LogP contribution in [-0.2, 0) is 6.42 Å². The standard InChI is InChI=1S/C19H15N3O2/c23-18-15-8-4-5-9-16(15)19(24)22(18)11-10-14-12-20-17(21-14)13-6-2-1-3-7-13/h1-9,12H,10-11H2,(H,20,21). The third kappa shape index (κ3) is 2.40. The van der Waals surface area contributed by atoms with Crippen LogP contribution in [0.15, 0.2) is 60.8 Å². The molecule has 0 saturated heterocycles. The number of hydrogen-bond donors (Lipinski definition) is 1. The number of amides is 2. The van der Waals surface area contributed by atoms with Gasteiger partial charge in [0.2, 0.25) is 0 Å². The summed E-state index contributed by atoms with van der Waals surface area (Å²) < 4.78 is 0. The molecule has 3 aromatic rings. The van der Waals surface area contributed by atoms with Crippen molar-refractivity contribution in [3.8, 4) is 11.4 Å². The van der Waals surface area contributed by atoms with E-state index in [1.54, 1.807) is 30.5 Å². The van der Waals surface area contributed by atoms with E-state index in [9.17, 15) is 9.59 Å². The van der Waals surface area contributed by atoms with Crippen molar-refractivity contribution in [3.05, 3.63) is 77.6 Å². The Morgan fingerprint density at radius 2 is 1.50 bits per heavy atom. The predicted octanol–water partition coefficient (Wildman–Crippen LogP) is 2.92. The van der Waals surface area contributed by atoms with Crippen molar-refractivity contribution >= 4 is 11.8 Å². The lowest BCUT2D eigenvalue weighted by Gasteiger charge is -2.12. The van der Waals surface area contributed by atoms with Gasteiger partial charge in [0.1, 0.15) is 5.82 Å². The molecule has 0 spiro atoms. The summed E-state index contributed by atoms with van der Waals surface area (Å²) in [6.07, 6.45) is 2.30. The summed E-state index contributed by atoms with van der Waals surface area (Å²) in [5, 5.41) is 0. The Bertz CT molecular complexity index is 880. The molecule has 0 unspecified atom stereocenters. The van der Waals surface area contributed by atoms with Crippen LogP contribution in [0.2, 0.25) is 0 Å². The van der Waals surface area contributed by atoms with Crippen molar-refractivity contribution in [2.45, 2.75) is 6.42 Å². The molecule has 0 aliphatic carbocycles. The first-order valence-electron chi connectivity index (χ1n) is 7.78. The lowest BCUT2D eigenvalue weighted by atomic mass is 10.1. The largest absolute Gasteiger partial charge is 0.342 e. The van der Waals surface area contributed by atoms with E-state index in [2.05, 4.69) is 9.97 Å². The number of benzene rings is 2. The fourth-order valence-electron chi connectivity index (χ4n) is 2.90. The Balaban J connectivity index is 1.48. The topological polar surface area (TPSA) is 66.1 Å². The first-order valence-corrected chi connectivity index (χ1v) is 7.78. The summed E-state index contributed by atoms with van der Waals surface area (Å²) in [4.78, 5) is 33.6. The zero-order valence-electron chi connectivity index (χ0n) is 12.9. The maximum atomic E-state index is 12.3. The maximum absolute atomic E-state index is 12.3. The monoisotopic (exact) mass is 317 g/mol. The number of carbonyl (C=O) groups is 2. The second-order valence-electron chi connectivity index (χ2n) is 5.68. The van der Waals surface area contributed by atoms with Gasteiger partial charge in [0.05, 0.1) is 11.1 Å². The van der Waals surface area contributed by atoms with Gasteiger partial charge in [-0.2, -0.15) is 0 Å². The molecule has 118 valence electrons. The minimum atomic E-state index is -0.224. The van der Waals surface area contributed by atoms with E-state index in [0.29, 0.717) is 24.1 Å². The summed E-state index contributed by atoms with van der Waals surface area (Å²) in [6.45, 7) is 0.336. The van der Waals surface area contributed by atoms with E-state index in [-0.39, 0.29) is 11.8 Å². The van der Waals surface area contributed by atoms with Crippen LogP contribution < -0.4 is 0 Å². The van der Waals surface area contributed by atoms with Crippen molar-refractivity contribution in [3.63, 3.8) is 0 Å². The van der Waals surface area contributed by atoms with E-state index in [0.717, 1.165) is 17.1 Å². The number of imidazole rings is 1. The van der Waals surface area contributed by atoms with Gasteiger partial charge >= 0.3 is 0 Å². The zero-order chi connectivity index (χ0) is 16.5. The lowest BCUT2D eigenvalue weighted by molar-refractivity contribution is 0.0656. The van der Waals surface area contributed by atoms with Crippen molar-refractivity contribution in [2.75, 3.05) is 6.54 Å². The third-order valence-electron chi connectivity index (χ3n) is 4.16. The van der Waals surface area contributed by atoms with Crippen LogP contribution in [0, 0.1) is 0 Å². The molecule has 2 amide bonds. The van der Waals surface area contributed by atoms with Crippen LogP contribution in [0.3, 0.4) is 0 Å². The highest BCUT2D eigenvalue weighted by atomic mass is 16.2. The van der Waals surface area contributed by atoms with E-state index >= 15 is 0 Å². The summed E-state index contributed by atoms with van der Waals surface area (Å²) in [7, 11) is 0. The van der Waals surface area contributed by atoms with Gasteiger partial charge in [0.15, 0.2) is 0 Å². The highest BCUT2D eigenvalue weighted by Gasteiger charge is 2.34. The molecule has 2 heterocycles. The van der Waals surface area contributed by atoms with E-state index in [4.69, 9.17) is 0 Å². The molecule has 24 heavy (non-hydrogen) atoms. The zero-order valence-corrected chi connectivity index (χ0v) is 12.9. The van der Waals surface area contributed by atoms with Crippen LogP contribution in [-0.4, -0.2) is 33.2 Å². The Morgan fingerprint density at radius 3 is 2.17 bits per heavy atom. The number of H-pyrrole nitrogens is 1. The molecule has 5 heteroatoms. The van der Waals surface area contributed by atoms with Crippen LogP contribution >= 0.6 is 0 Å². The molecular formula is C19H15N3O2. The van der Waals surface area contributed by atoms with Crippen molar-refractivity contribution in [1.29, 1.82) is 0 Å². The molecule has 0 radical (unpaired) electrons. The van der Waals surface area contributed by atoms with E-state index < -0.39 is 0 Å². The number of nitrogens with one attached hydrogen (secondary N) is 1. The fraction of sp³-hybridized carbons (Fsp3) is 0.105. The van der Waals surface area contributed by atoms with E-state index in [1.165, 1.54) is 4.90 Å². The third-order valence-corrected chi connectivity index (χ3v) is 4.16. The quantitative estimate of drug-likeness (QED) is 0.752. The molecule has 4 rings (SSSR count). The Kier molecular flexibility index (Phi) is 3.46.